The Morgan fingerprint density at radius 2 is 2.29 bits per heavy atom. The van der Waals surface area contributed by atoms with Crippen molar-refractivity contribution in [2.24, 2.45) is 5.84 Å². The van der Waals surface area contributed by atoms with Gasteiger partial charge in [-0.1, -0.05) is 0 Å². The van der Waals surface area contributed by atoms with Gasteiger partial charge in [-0.05, 0) is 27.4 Å². The van der Waals surface area contributed by atoms with Crippen LogP contribution in [-0.2, 0) is 0 Å². The summed E-state index contributed by atoms with van der Waals surface area (Å²) in [6.45, 7) is 0. The molecule has 0 aliphatic heterocycles. The fourth-order valence-corrected chi connectivity index (χ4v) is 2.54. The molecule has 3 rings (SSSR count). The third-order valence-corrected chi connectivity index (χ3v) is 3.42. The van der Waals surface area contributed by atoms with Crippen LogP contribution in [-0.4, -0.2) is 19.7 Å². The molecule has 0 aliphatic carbocycles. The number of fused-ring (bicyclic) bond motifs is 1. The number of hydrazine groups is 1. The van der Waals surface area contributed by atoms with Crippen LogP contribution in [0.1, 0.15) is 0 Å². The lowest BCUT2D eigenvalue weighted by molar-refractivity contribution is 0.852. The molecule has 0 amide bonds. The molecule has 3 aromatic rings. The summed E-state index contributed by atoms with van der Waals surface area (Å²) in [6.07, 6.45) is 3.54. The van der Waals surface area contributed by atoms with Crippen molar-refractivity contribution >= 4 is 43.4 Å². The molecule has 0 unspecified atom stereocenters. The van der Waals surface area contributed by atoms with Gasteiger partial charge in [0.15, 0.2) is 5.82 Å². The number of thiophene rings is 1. The van der Waals surface area contributed by atoms with Gasteiger partial charge >= 0.3 is 0 Å². The van der Waals surface area contributed by atoms with Crippen molar-refractivity contribution in [2.45, 2.75) is 0 Å². The lowest BCUT2D eigenvalue weighted by Crippen LogP contribution is -2.12. The van der Waals surface area contributed by atoms with Crippen LogP contribution in [0, 0.1) is 0 Å². The number of nitrogen functional groups attached to an aromatic ring is 1. The first-order valence-corrected chi connectivity index (χ1v) is 6.37. The molecule has 0 fully saturated rings. The molecule has 3 aromatic heterocycles. The second-order valence-corrected chi connectivity index (χ2v) is 5.07. The SMILES string of the molecule is NNc1nc(-n2cc(Br)cn2)c2ccsc2n1. The van der Waals surface area contributed by atoms with Crippen LogP contribution >= 0.6 is 27.3 Å². The van der Waals surface area contributed by atoms with E-state index in [0.717, 1.165) is 14.7 Å². The van der Waals surface area contributed by atoms with Gasteiger partial charge in [-0.3, -0.25) is 5.43 Å². The van der Waals surface area contributed by atoms with Crippen molar-refractivity contribution in [3.8, 4) is 5.82 Å². The molecular formula is C9H7BrN6S. The zero-order valence-corrected chi connectivity index (χ0v) is 10.9. The molecule has 0 spiro atoms. The van der Waals surface area contributed by atoms with Crippen LogP contribution in [0.5, 0.6) is 0 Å². The average molecular weight is 311 g/mol. The summed E-state index contributed by atoms with van der Waals surface area (Å²) < 4.78 is 2.57. The van der Waals surface area contributed by atoms with Gasteiger partial charge in [0.05, 0.1) is 16.1 Å². The van der Waals surface area contributed by atoms with Gasteiger partial charge in [0.1, 0.15) is 4.83 Å². The Morgan fingerprint density at radius 1 is 1.41 bits per heavy atom. The number of nitrogens with two attached hydrogens (primary N) is 1. The second kappa shape index (κ2) is 4.06. The van der Waals surface area contributed by atoms with Crippen molar-refractivity contribution in [3.05, 3.63) is 28.3 Å². The van der Waals surface area contributed by atoms with Crippen molar-refractivity contribution < 1.29 is 0 Å². The molecule has 17 heavy (non-hydrogen) atoms. The van der Waals surface area contributed by atoms with Gasteiger partial charge in [0, 0.05) is 6.20 Å². The van der Waals surface area contributed by atoms with Crippen molar-refractivity contribution in [3.63, 3.8) is 0 Å². The number of aromatic nitrogens is 4. The first-order valence-electron chi connectivity index (χ1n) is 4.70. The molecule has 0 saturated carbocycles. The Balaban J connectivity index is 2.29. The van der Waals surface area contributed by atoms with Crippen LogP contribution in [0.2, 0.25) is 0 Å². The summed E-state index contributed by atoms with van der Waals surface area (Å²) in [5.41, 5.74) is 2.46. The van der Waals surface area contributed by atoms with Gasteiger partial charge < -0.3 is 0 Å². The number of nitrogens with zero attached hydrogens (tertiary/aromatic N) is 4. The maximum atomic E-state index is 5.35. The van der Waals surface area contributed by atoms with E-state index in [-0.39, 0.29) is 0 Å². The molecule has 6 nitrogen and oxygen atoms in total. The molecule has 3 heterocycles. The molecule has 8 heteroatoms. The first kappa shape index (κ1) is 10.6. The van der Waals surface area contributed by atoms with Gasteiger partial charge in [0.25, 0.3) is 0 Å². The maximum absolute atomic E-state index is 5.35. The Morgan fingerprint density at radius 3 is 3.00 bits per heavy atom. The molecule has 0 atom stereocenters. The summed E-state index contributed by atoms with van der Waals surface area (Å²) in [5, 5.41) is 7.12. The van der Waals surface area contributed by atoms with E-state index in [4.69, 9.17) is 5.84 Å². The van der Waals surface area contributed by atoms with E-state index in [1.807, 2.05) is 17.6 Å². The smallest absolute Gasteiger partial charge is 0.240 e. The molecule has 0 saturated heterocycles. The van der Waals surface area contributed by atoms with E-state index < -0.39 is 0 Å². The Labute approximate surface area is 109 Å². The lowest BCUT2D eigenvalue weighted by atomic mass is 10.4. The van der Waals surface area contributed by atoms with Crippen LogP contribution in [0.4, 0.5) is 5.95 Å². The largest absolute Gasteiger partial charge is 0.292 e. The summed E-state index contributed by atoms with van der Waals surface area (Å²) >= 11 is 4.89. The topological polar surface area (TPSA) is 81.6 Å². The third-order valence-electron chi connectivity index (χ3n) is 2.20. The monoisotopic (exact) mass is 310 g/mol. The van der Waals surface area contributed by atoms with Crippen molar-refractivity contribution in [1.29, 1.82) is 0 Å². The molecule has 0 bridgehead atoms. The minimum absolute atomic E-state index is 0.376. The highest BCUT2D eigenvalue weighted by Crippen LogP contribution is 2.25. The van der Waals surface area contributed by atoms with E-state index in [9.17, 15) is 0 Å². The summed E-state index contributed by atoms with van der Waals surface area (Å²) in [5.74, 6) is 6.43. The lowest BCUT2D eigenvalue weighted by Gasteiger charge is -2.04. The average Bonchev–Trinajstić information content (AvgIpc) is 2.95. The number of anilines is 1. The van der Waals surface area contributed by atoms with Crippen LogP contribution in [0.3, 0.4) is 0 Å². The fourth-order valence-electron chi connectivity index (χ4n) is 1.50. The minimum Gasteiger partial charge on any atom is -0.292 e. The molecule has 0 aromatic carbocycles. The molecule has 3 N–H and O–H groups in total. The molecule has 0 aliphatic rings. The summed E-state index contributed by atoms with van der Waals surface area (Å²) in [4.78, 5) is 9.45. The third kappa shape index (κ3) is 1.79. The van der Waals surface area contributed by atoms with E-state index >= 15 is 0 Å². The molecular weight excluding hydrogens is 304 g/mol. The van der Waals surface area contributed by atoms with Gasteiger partial charge in [-0.2, -0.15) is 10.1 Å². The van der Waals surface area contributed by atoms with Gasteiger partial charge in [-0.25, -0.2) is 15.5 Å². The number of hydrogen-bond acceptors (Lipinski definition) is 6. The van der Waals surface area contributed by atoms with E-state index in [1.165, 1.54) is 11.3 Å². The van der Waals surface area contributed by atoms with Gasteiger partial charge in [-0.15, -0.1) is 11.3 Å². The quantitative estimate of drug-likeness (QED) is 0.558. The number of rotatable bonds is 2. The Hall–Kier alpha value is -1.51. The number of hydrogen-bond donors (Lipinski definition) is 2. The number of nitrogens with one attached hydrogen (secondary N) is 1. The highest BCUT2D eigenvalue weighted by Gasteiger charge is 2.10. The molecule has 0 radical (unpaired) electrons. The second-order valence-electron chi connectivity index (χ2n) is 3.26. The minimum atomic E-state index is 0.376. The van der Waals surface area contributed by atoms with Crippen LogP contribution in [0.15, 0.2) is 28.3 Å². The fraction of sp³-hybridized carbons (Fsp3) is 0. The van der Waals surface area contributed by atoms with Crippen molar-refractivity contribution in [1.82, 2.24) is 19.7 Å². The van der Waals surface area contributed by atoms with E-state index in [2.05, 4.69) is 36.4 Å². The summed E-state index contributed by atoms with van der Waals surface area (Å²) in [7, 11) is 0. The van der Waals surface area contributed by atoms with E-state index in [0.29, 0.717) is 11.8 Å². The predicted molar refractivity (Wildman–Crippen MR) is 70.0 cm³/mol. The Kier molecular flexibility index (Phi) is 2.54. The zero-order chi connectivity index (χ0) is 11.8. The Bertz CT molecular complexity index is 675. The maximum Gasteiger partial charge on any atom is 0.240 e. The first-order chi connectivity index (χ1) is 8.28. The van der Waals surface area contributed by atoms with Gasteiger partial charge in [0.2, 0.25) is 5.95 Å². The highest BCUT2D eigenvalue weighted by atomic mass is 79.9. The number of halogens is 1. The predicted octanol–water partition coefficient (Wildman–Crippen LogP) is 1.93. The standard InChI is InChI=1S/C9H7BrN6S/c10-5-3-12-16(4-5)7-6-1-2-17-8(6)14-9(13-7)15-11/h1-4H,11H2,(H,13,14,15). The summed E-state index contributed by atoms with van der Waals surface area (Å²) in [6, 6.07) is 1.96. The zero-order valence-electron chi connectivity index (χ0n) is 8.46. The van der Waals surface area contributed by atoms with Crippen LogP contribution in [0.25, 0.3) is 16.0 Å². The molecule has 86 valence electrons. The van der Waals surface area contributed by atoms with E-state index in [1.54, 1.807) is 10.9 Å². The van der Waals surface area contributed by atoms with Crippen LogP contribution < -0.4 is 11.3 Å². The highest BCUT2D eigenvalue weighted by molar-refractivity contribution is 9.10. The van der Waals surface area contributed by atoms with Crippen molar-refractivity contribution in [2.75, 3.05) is 5.43 Å². The normalized spacial score (nSPS) is 10.9.